The van der Waals surface area contributed by atoms with Crippen molar-refractivity contribution >= 4 is 27.6 Å². The van der Waals surface area contributed by atoms with Crippen LogP contribution in [-0.4, -0.2) is 4.98 Å². The van der Waals surface area contributed by atoms with E-state index in [1.807, 2.05) is 13.1 Å². The molecule has 1 aliphatic carbocycles. The molecule has 0 atom stereocenters. The summed E-state index contributed by atoms with van der Waals surface area (Å²) in [5, 5.41) is 0. The lowest BCUT2D eigenvalue weighted by Gasteiger charge is -2.18. The Morgan fingerprint density at radius 1 is 1.17 bits per heavy atom. The van der Waals surface area contributed by atoms with Crippen LogP contribution in [0.4, 0.5) is 0 Å². The standard InChI is InChI=1S/C16H14BrN/c1-11-9-13(7-8-18-11)12-5-6-15-14(10-12)3-2-4-16(15)17/h2-4,7-10H,5-6H2,1H3. The van der Waals surface area contributed by atoms with E-state index in [4.69, 9.17) is 0 Å². The molecule has 1 aromatic heterocycles. The number of rotatable bonds is 1. The van der Waals surface area contributed by atoms with Crippen molar-refractivity contribution in [3.05, 3.63) is 63.4 Å². The molecule has 0 bridgehead atoms. The summed E-state index contributed by atoms with van der Waals surface area (Å²) in [6, 6.07) is 10.7. The van der Waals surface area contributed by atoms with Gasteiger partial charge in [-0.3, -0.25) is 4.98 Å². The van der Waals surface area contributed by atoms with Crippen molar-refractivity contribution in [3.63, 3.8) is 0 Å². The summed E-state index contributed by atoms with van der Waals surface area (Å²) >= 11 is 3.63. The predicted molar refractivity (Wildman–Crippen MR) is 79.3 cm³/mol. The second-order valence-electron chi connectivity index (χ2n) is 4.66. The molecule has 0 saturated heterocycles. The number of aromatic nitrogens is 1. The molecule has 2 aromatic rings. The van der Waals surface area contributed by atoms with E-state index in [-0.39, 0.29) is 0 Å². The third kappa shape index (κ3) is 2.13. The number of allylic oxidation sites excluding steroid dienone is 1. The van der Waals surface area contributed by atoms with Crippen molar-refractivity contribution in [2.45, 2.75) is 19.8 Å². The van der Waals surface area contributed by atoms with E-state index in [9.17, 15) is 0 Å². The van der Waals surface area contributed by atoms with E-state index in [0.717, 1.165) is 18.5 Å². The highest BCUT2D eigenvalue weighted by atomic mass is 79.9. The summed E-state index contributed by atoms with van der Waals surface area (Å²) in [6.07, 6.45) is 6.39. The number of benzene rings is 1. The topological polar surface area (TPSA) is 12.9 Å². The van der Waals surface area contributed by atoms with Crippen LogP contribution in [0.1, 0.15) is 28.8 Å². The molecule has 0 saturated carbocycles. The molecule has 1 aromatic carbocycles. The maximum Gasteiger partial charge on any atom is 0.0378 e. The average Bonchev–Trinajstić information content (AvgIpc) is 2.39. The minimum Gasteiger partial charge on any atom is -0.262 e. The van der Waals surface area contributed by atoms with E-state index in [2.05, 4.69) is 57.3 Å². The van der Waals surface area contributed by atoms with Crippen molar-refractivity contribution in [2.75, 3.05) is 0 Å². The Bertz CT molecular complexity index is 629. The van der Waals surface area contributed by atoms with Gasteiger partial charge in [0, 0.05) is 16.4 Å². The number of pyridine rings is 1. The van der Waals surface area contributed by atoms with Gasteiger partial charge >= 0.3 is 0 Å². The fraction of sp³-hybridized carbons (Fsp3) is 0.188. The molecule has 0 fully saturated rings. The minimum absolute atomic E-state index is 1.08. The Kier molecular flexibility index (Phi) is 3.04. The Hall–Kier alpha value is -1.41. The Morgan fingerprint density at radius 2 is 2.06 bits per heavy atom. The Balaban J connectivity index is 2.06. The number of hydrogen-bond acceptors (Lipinski definition) is 1. The molecular formula is C16H14BrN. The third-order valence-electron chi connectivity index (χ3n) is 3.40. The highest BCUT2D eigenvalue weighted by Gasteiger charge is 2.13. The van der Waals surface area contributed by atoms with Gasteiger partial charge in [-0.2, -0.15) is 0 Å². The molecule has 1 nitrogen and oxygen atoms in total. The minimum atomic E-state index is 1.08. The Labute approximate surface area is 116 Å². The molecule has 0 aliphatic heterocycles. The van der Waals surface area contributed by atoms with Gasteiger partial charge < -0.3 is 0 Å². The number of nitrogens with zero attached hydrogens (tertiary/aromatic N) is 1. The summed E-state index contributed by atoms with van der Waals surface area (Å²) in [5.74, 6) is 0. The van der Waals surface area contributed by atoms with Crippen LogP contribution in [0.15, 0.2) is 41.0 Å². The maximum atomic E-state index is 4.26. The molecule has 18 heavy (non-hydrogen) atoms. The van der Waals surface area contributed by atoms with Crippen LogP contribution >= 0.6 is 15.9 Å². The normalized spacial score (nSPS) is 14.0. The molecule has 3 rings (SSSR count). The largest absolute Gasteiger partial charge is 0.262 e. The number of halogens is 1. The SMILES string of the molecule is Cc1cc(C2=Cc3cccc(Br)c3CC2)ccn1. The van der Waals surface area contributed by atoms with Gasteiger partial charge in [0.25, 0.3) is 0 Å². The van der Waals surface area contributed by atoms with Gasteiger partial charge in [-0.05, 0) is 60.2 Å². The summed E-state index contributed by atoms with van der Waals surface area (Å²) in [6.45, 7) is 2.04. The number of aryl methyl sites for hydroxylation is 1. The predicted octanol–water partition coefficient (Wildman–Crippen LogP) is 4.64. The van der Waals surface area contributed by atoms with E-state index in [1.54, 1.807) is 0 Å². The van der Waals surface area contributed by atoms with Gasteiger partial charge in [-0.25, -0.2) is 0 Å². The smallest absolute Gasteiger partial charge is 0.0378 e. The van der Waals surface area contributed by atoms with E-state index in [0.29, 0.717) is 0 Å². The zero-order valence-electron chi connectivity index (χ0n) is 10.3. The van der Waals surface area contributed by atoms with Crippen molar-refractivity contribution in [1.29, 1.82) is 0 Å². The maximum absolute atomic E-state index is 4.26. The van der Waals surface area contributed by atoms with Crippen molar-refractivity contribution in [3.8, 4) is 0 Å². The molecule has 2 heteroatoms. The van der Waals surface area contributed by atoms with Crippen LogP contribution in [0, 0.1) is 6.92 Å². The van der Waals surface area contributed by atoms with Gasteiger partial charge in [0.05, 0.1) is 0 Å². The molecule has 0 radical (unpaired) electrons. The lowest BCUT2D eigenvalue weighted by atomic mass is 9.89. The monoisotopic (exact) mass is 299 g/mol. The first kappa shape index (κ1) is 11.7. The van der Waals surface area contributed by atoms with Crippen molar-refractivity contribution in [1.82, 2.24) is 4.98 Å². The molecular weight excluding hydrogens is 286 g/mol. The highest BCUT2D eigenvalue weighted by Crippen LogP contribution is 2.33. The molecule has 0 spiro atoms. The highest BCUT2D eigenvalue weighted by molar-refractivity contribution is 9.10. The molecule has 0 N–H and O–H groups in total. The summed E-state index contributed by atoms with van der Waals surface area (Å²) < 4.78 is 1.22. The fourth-order valence-electron chi connectivity index (χ4n) is 2.47. The average molecular weight is 300 g/mol. The molecule has 0 amide bonds. The Morgan fingerprint density at radius 3 is 2.89 bits per heavy atom. The van der Waals surface area contributed by atoms with Crippen LogP contribution in [0.5, 0.6) is 0 Å². The number of fused-ring (bicyclic) bond motifs is 1. The first-order valence-corrected chi connectivity index (χ1v) is 6.94. The second kappa shape index (κ2) is 4.69. The quantitative estimate of drug-likeness (QED) is 0.747. The van der Waals surface area contributed by atoms with Gasteiger partial charge in [0.1, 0.15) is 0 Å². The van der Waals surface area contributed by atoms with Crippen LogP contribution in [0.3, 0.4) is 0 Å². The first-order chi connectivity index (χ1) is 8.74. The fourth-order valence-corrected chi connectivity index (χ4v) is 3.05. The van der Waals surface area contributed by atoms with Crippen LogP contribution in [-0.2, 0) is 6.42 Å². The second-order valence-corrected chi connectivity index (χ2v) is 5.52. The summed E-state index contributed by atoms with van der Waals surface area (Å²) in [7, 11) is 0. The molecule has 90 valence electrons. The van der Waals surface area contributed by atoms with Gasteiger partial charge in [0.2, 0.25) is 0 Å². The van der Waals surface area contributed by atoms with Gasteiger partial charge in [-0.1, -0.05) is 34.1 Å². The first-order valence-electron chi connectivity index (χ1n) is 6.15. The van der Waals surface area contributed by atoms with Crippen molar-refractivity contribution < 1.29 is 0 Å². The zero-order valence-corrected chi connectivity index (χ0v) is 11.9. The van der Waals surface area contributed by atoms with Crippen LogP contribution in [0.25, 0.3) is 11.6 Å². The lowest BCUT2D eigenvalue weighted by Crippen LogP contribution is -2.00. The summed E-state index contributed by atoms with van der Waals surface area (Å²) in [5.41, 5.74) is 6.54. The molecule has 0 unspecified atom stereocenters. The van der Waals surface area contributed by atoms with E-state index in [1.165, 1.54) is 26.7 Å². The van der Waals surface area contributed by atoms with Crippen LogP contribution < -0.4 is 0 Å². The van der Waals surface area contributed by atoms with Crippen molar-refractivity contribution in [2.24, 2.45) is 0 Å². The molecule has 1 heterocycles. The third-order valence-corrected chi connectivity index (χ3v) is 4.14. The lowest BCUT2D eigenvalue weighted by molar-refractivity contribution is 0.991. The van der Waals surface area contributed by atoms with Gasteiger partial charge in [0.15, 0.2) is 0 Å². The van der Waals surface area contributed by atoms with Gasteiger partial charge in [-0.15, -0.1) is 0 Å². The summed E-state index contributed by atoms with van der Waals surface area (Å²) in [4.78, 5) is 4.26. The van der Waals surface area contributed by atoms with E-state index >= 15 is 0 Å². The molecule has 1 aliphatic rings. The zero-order chi connectivity index (χ0) is 12.5. The number of hydrogen-bond donors (Lipinski definition) is 0. The van der Waals surface area contributed by atoms with E-state index < -0.39 is 0 Å². The van der Waals surface area contributed by atoms with Crippen LogP contribution in [0.2, 0.25) is 0 Å².